The van der Waals surface area contributed by atoms with Gasteiger partial charge in [0.2, 0.25) is 0 Å². The molecule has 0 fully saturated rings. The number of amides is 1. The molecular formula is C21H15ClFN3O. The molecule has 0 saturated carbocycles. The molecule has 0 aliphatic rings. The van der Waals surface area contributed by atoms with E-state index in [2.05, 4.69) is 15.5 Å². The van der Waals surface area contributed by atoms with Gasteiger partial charge in [-0.05, 0) is 34.5 Å². The third kappa shape index (κ3) is 3.55. The van der Waals surface area contributed by atoms with Crippen LogP contribution in [0.5, 0.6) is 0 Å². The zero-order chi connectivity index (χ0) is 18.8. The molecule has 0 bridgehead atoms. The third-order valence-corrected chi connectivity index (χ3v) is 4.69. The van der Waals surface area contributed by atoms with E-state index in [1.54, 1.807) is 12.1 Å². The first kappa shape index (κ1) is 17.2. The lowest BCUT2D eigenvalue weighted by Crippen LogP contribution is -2.23. The number of aromatic amines is 1. The first-order valence-electron chi connectivity index (χ1n) is 8.37. The smallest absolute Gasteiger partial charge is 0.269 e. The number of hydrogen-bond donors (Lipinski definition) is 2. The molecule has 1 heterocycles. The second kappa shape index (κ2) is 7.21. The van der Waals surface area contributed by atoms with Gasteiger partial charge in [-0.3, -0.25) is 9.89 Å². The summed E-state index contributed by atoms with van der Waals surface area (Å²) in [5, 5.41) is 12.3. The van der Waals surface area contributed by atoms with E-state index in [4.69, 9.17) is 11.6 Å². The molecule has 27 heavy (non-hydrogen) atoms. The van der Waals surface area contributed by atoms with Crippen molar-refractivity contribution in [3.63, 3.8) is 0 Å². The normalized spacial score (nSPS) is 10.9. The van der Waals surface area contributed by atoms with Crippen molar-refractivity contribution in [3.05, 3.63) is 88.8 Å². The molecule has 6 heteroatoms. The Morgan fingerprint density at radius 2 is 1.89 bits per heavy atom. The summed E-state index contributed by atoms with van der Waals surface area (Å²) in [4.78, 5) is 12.4. The fourth-order valence-electron chi connectivity index (χ4n) is 2.96. The van der Waals surface area contributed by atoms with Gasteiger partial charge >= 0.3 is 0 Å². The highest BCUT2D eigenvalue weighted by atomic mass is 35.5. The quantitative estimate of drug-likeness (QED) is 0.527. The van der Waals surface area contributed by atoms with Crippen molar-refractivity contribution < 1.29 is 9.18 Å². The van der Waals surface area contributed by atoms with Crippen molar-refractivity contribution in [2.75, 3.05) is 0 Å². The molecule has 0 unspecified atom stereocenters. The van der Waals surface area contributed by atoms with E-state index in [0.717, 1.165) is 16.3 Å². The monoisotopic (exact) mass is 379 g/mol. The molecule has 4 nitrogen and oxygen atoms in total. The number of halogens is 2. The molecule has 0 aliphatic heterocycles. The highest BCUT2D eigenvalue weighted by Crippen LogP contribution is 2.27. The van der Waals surface area contributed by atoms with Gasteiger partial charge in [0.25, 0.3) is 5.91 Å². The summed E-state index contributed by atoms with van der Waals surface area (Å²) in [6.07, 6.45) is 0. The van der Waals surface area contributed by atoms with Crippen molar-refractivity contribution >= 4 is 28.3 Å². The van der Waals surface area contributed by atoms with Crippen molar-refractivity contribution in [1.82, 2.24) is 15.5 Å². The van der Waals surface area contributed by atoms with Crippen molar-refractivity contribution in [2.45, 2.75) is 6.54 Å². The lowest BCUT2D eigenvalue weighted by atomic mass is 10.0. The van der Waals surface area contributed by atoms with E-state index in [9.17, 15) is 9.18 Å². The van der Waals surface area contributed by atoms with E-state index >= 15 is 0 Å². The second-order valence-electron chi connectivity index (χ2n) is 6.11. The molecule has 3 aromatic carbocycles. The summed E-state index contributed by atoms with van der Waals surface area (Å²) in [6, 6.07) is 19.8. The lowest BCUT2D eigenvalue weighted by Gasteiger charge is -2.06. The summed E-state index contributed by atoms with van der Waals surface area (Å²) in [6.45, 7) is 0.195. The predicted molar refractivity (Wildman–Crippen MR) is 104 cm³/mol. The predicted octanol–water partition coefficient (Wildman–Crippen LogP) is 4.95. The van der Waals surface area contributed by atoms with Crippen LogP contribution in [0.4, 0.5) is 4.39 Å². The molecule has 1 aromatic heterocycles. The Morgan fingerprint density at radius 3 is 2.74 bits per heavy atom. The van der Waals surface area contributed by atoms with Crippen LogP contribution in [0.1, 0.15) is 16.1 Å². The van der Waals surface area contributed by atoms with Gasteiger partial charge < -0.3 is 5.32 Å². The number of fused-ring (bicyclic) bond motifs is 1. The van der Waals surface area contributed by atoms with Crippen LogP contribution in [0.25, 0.3) is 22.0 Å². The van der Waals surface area contributed by atoms with E-state index in [0.29, 0.717) is 17.0 Å². The van der Waals surface area contributed by atoms with Gasteiger partial charge in [-0.1, -0.05) is 60.1 Å². The highest BCUT2D eigenvalue weighted by Gasteiger charge is 2.13. The molecule has 134 valence electrons. The van der Waals surface area contributed by atoms with Gasteiger partial charge in [-0.25, -0.2) is 4.39 Å². The minimum atomic E-state index is -0.414. The number of benzene rings is 3. The topological polar surface area (TPSA) is 57.8 Å². The van der Waals surface area contributed by atoms with E-state index in [1.807, 2.05) is 42.5 Å². The van der Waals surface area contributed by atoms with Gasteiger partial charge in [0.1, 0.15) is 11.5 Å². The molecule has 4 aromatic rings. The summed E-state index contributed by atoms with van der Waals surface area (Å²) >= 11 is 5.99. The summed E-state index contributed by atoms with van der Waals surface area (Å²) < 4.78 is 13.1. The number of hydrogen-bond acceptors (Lipinski definition) is 2. The zero-order valence-electron chi connectivity index (χ0n) is 14.2. The fraction of sp³-hybridized carbons (Fsp3) is 0.0476. The minimum absolute atomic E-state index is 0.195. The Hall–Kier alpha value is -3.18. The molecule has 0 saturated heterocycles. The summed E-state index contributed by atoms with van der Waals surface area (Å²) in [7, 11) is 0. The maximum atomic E-state index is 13.1. The summed E-state index contributed by atoms with van der Waals surface area (Å²) in [5.41, 5.74) is 2.62. The van der Waals surface area contributed by atoms with Crippen LogP contribution in [-0.4, -0.2) is 16.1 Å². The molecule has 4 rings (SSSR count). The van der Waals surface area contributed by atoms with Crippen LogP contribution < -0.4 is 5.32 Å². The maximum absolute atomic E-state index is 13.1. The van der Waals surface area contributed by atoms with Gasteiger partial charge in [-0.2, -0.15) is 5.10 Å². The van der Waals surface area contributed by atoms with E-state index in [1.165, 1.54) is 12.1 Å². The Bertz CT molecular complexity index is 1130. The first-order valence-corrected chi connectivity index (χ1v) is 8.75. The van der Waals surface area contributed by atoms with Gasteiger partial charge in [0.05, 0.1) is 5.69 Å². The molecule has 0 spiro atoms. The number of carbonyl (C=O) groups excluding carboxylic acids is 1. The largest absolute Gasteiger partial charge is 0.347 e. The average molecular weight is 380 g/mol. The van der Waals surface area contributed by atoms with Gasteiger partial charge in [-0.15, -0.1) is 0 Å². The number of aromatic nitrogens is 2. The molecule has 2 N–H and O–H groups in total. The number of H-pyrrole nitrogens is 1. The Morgan fingerprint density at radius 1 is 1.07 bits per heavy atom. The number of nitrogens with zero attached hydrogens (tertiary/aromatic N) is 1. The van der Waals surface area contributed by atoms with Gasteiger partial charge in [0.15, 0.2) is 0 Å². The van der Waals surface area contributed by atoms with E-state index < -0.39 is 5.82 Å². The minimum Gasteiger partial charge on any atom is -0.347 e. The number of rotatable bonds is 4. The first-order chi connectivity index (χ1) is 13.1. The van der Waals surface area contributed by atoms with Crippen LogP contribution in [0.15, 0.2) is 66.7 Å². The van der Waals surface area contributed by atoms with Crippen molar-refractivity contribution in [2.24, 2.45) is 0 Å². The number of nitrogens with one attached hydrogen (secondary N) is 2. The van der Waals surface area contributed by atoms with Crippen LogP contribution in [0, 0.1) is 5.82 Å². The lowest BCUT2D eigenvalue weighted by molar-refractivity contribution is 0.0946. The molecule has 0 radical (unpaired) electrons. The van der Waals surface area contributed by atoms with Crippen LogP contribution >= 0.6 is 11.6 Å². The second-order valence-corrected chi connectivity index (χ2v) is 6.52. The van der Waals surface area contributed by atoms with Gasteiger partial charge in [0, 0.05) is 17.1 Å². The molecule has 0 aliphatic carbocycles. The highest BCUT2D eigenvalue weighted by molar-refractivity contribution is 6.31. The third-order valence-electron chi connectivity index (χ3n) is 4.34. The molecule has 0 atom stereocenters. The molecule has 1 amide bonds. The Labute approximate surface area is 160 Å². The standard InChI is InChI=1S/C21H15ClFN3O/c22-18-10-15(23)9-8-14(18)12-24-21(27)20-11-19(25-26-20)17-7-3-5-13-4-1-2-6-16(13)17/h1-11H,12H2,(H,24,27)(H,25,26). The Kier molecular flexibility index (Phi) is 4.60. The maximum Gasteiger partial charge on any atom is 0.269 e. The Balaban J connectivity index is 1.54. The van der Waals surface area contributed by atoms with E-state index in [-0.39, 0.29) is 17.5 Å². The average Bonchev–Trinajstić information content (AvgIpc) is 3.17. The summed E-state index contributed by atoms with van der Waals surface area (Å²) in [5.74, 6) is -0.724. The zero-order valence-corrected chi connectivity index (χ0v) is 14.9. The van der Waals surface area contributed by atoms with Crippen molar-refractivity contribution in [1.29, 1.82) is 0 Å². The fourth-order valence-corrected chi connectivity index (χ4v) is 3.19. The van der Waals surface area contributed by atoms with Crippen LogP contribution in [0.2, 0.25) is 5.02 Å². The number of carbonyl (C=O) groups is 1. The van der Waals surface area contributed by atoms with Crippen LogP contribution in [-0.2, 0) is 6.54 Å². The SMILES string of the molecule is O=C(NCc1ccc(F)cc1Cl)c1cc(-c2cccc3ccccc23)n[nH]1. The van der Waals surface area contributed by atoms with Crippen LogP contribution in [0.3, 0.4) is 0 Å². The molecular weight excluding hydrogens is 365 g/mol. The van der Waals surface area contributed by atoms with Crippen molar-refractivity contribution in [3.8, 4) is 11.3 Å².